The lowest BCUT2D eigenvalue weighted by atomic mass is 10.2. The van der Waals surface area contributed by atoms with Crippen LogP contribution in [0.2, 0.25) is 0 Å². The Morgan fingerprint density at radius 3 is 3.11 bits per heavy atom. The summed E-state index contributed by atoms with van der Waals surface area (Å²) < 4.78 is 5.53. The predicted molar refractivity (Wildman–Crippen MR) is 76.5 cm³/mol. The molecular weight excluding hydrogens is 260 g/mol. The lowest BCUT2D eigenvalue weighted by Crippen LogP contribution is -2.31. The number of benzene rings is 1. The first-order valence-corrected chi connectivity index (χ1v) is 7.13. The molecule has 5 heteroatoms. The highest BCUT2D eigenvalue weighted by molar-refractivity contribution is 7.07. The molecule has 4 nitrogen and oxygen atoms in total. The number of nitrogens with one attached hydrogen (secondary N) is 1. The number of aliphatic hydroxyl groups excluding tert-OH is 1. The van der Waals surface area contributed by atoms with Crippen LogP contribution in [0.1, 0.15) is 11.3 Å². The molecular formula is C14H18N2O2S. The van der Waals surface area contributed by atoms with Crippen LogP contribution in [0.5, 0.6) is 5.75 Å². The van der Waals surface area contributed by atoms with Gasteiger partial charge in [0.1, 0.15) is 18.5 Å². The van der Waals surface area contributed by atoms with Crippen LogP contribution < -0.4 is 10.1 Å². The zero-order valence-corrected chi connectivity index (χ0v) is 11.7. The minimum Gasteiger partial charge on any atom is -0.491 e. The number of hydrogen-bond donors (Lipinski definition) is 2. The van der Waals surface area contributed by atoms with E-state index in [2.05, 4.69) is 10.3 Å². The van der Waals surface area contributed by atoms with Gasteiger partial charge in [-0.15, -0.1) is 11.3 Å². The largest absolute Gasteiger partial charge is 0.491 e. The fourth-order valence-electron chi connectivity index (χ4n) is 1.65. The highest BCUT2D eigenvalue weighted by atomic mass is 32.1. The average molecular weight is 278 g/mol. The van der Waals surface area contributed by atoms with Crippen molar-refractivity contribution in [2.75, 3.05) is 13.2 Å². The Hall–Kier alpha value is -1.43. The first-order chi connectivity index (χ1) is 9.24. The van der Waals surface area contributed by atoms with Crippen LogP contribution in [0.15, 0.2) is 35.2 Å². The quantitative estimate of drug-likeness (QED) is 0.813. The second kappa shape index (κ2) is 7.23. The van der Waals surface area contributed by atoms with Gasteiger partial charge in [-0.05, 0) is 24.6 Å². The molecule has 1 unspecified atom stereocenters. The number of rotatable bonds is 7. The Labute approximate surface area is 117 Å². The molecule has 2 N–H and O–H groups in total. The first kappa shape index (κ1) is 14.0. The van der Waals surface area contributed by atoms with Gasteiger partial charge in [0.05, 0.1) is 11.2 Å². The zero-order valence-electron chi connectivity index (χ0n) is 10.9. The molecule has 0 saturated heterocycles. The maximum atomic E-state index is 9.80. The van der Waals surface area contributed by atoms with E-state index in [9.17, 15) is 5.11 Å². The molecule has 0 amide bonds. The number of hydrogen-bond acceptors (Lipinski definition) is 5. The van der Waals surface area contributed by atoms with Crippen molar-refractivity contribution in [3.05, 3.63) is 46.4 Å². The molecule has 1 heterocycles. The van der Waals surface area contributed by atoms with Gasteiger partial charge in [0, 0.05) is 18.5 Å². The lowest BCUT2D eigenvalue weighted by Gasteiger charge is -2.13. The fourth-order valence-corrected chi connectivity index (χ4v) is 2.21. The van der Waals surface area contributed by atoms with E-state index in [0.717, 1.165) is 17.0 Å². The van der Waals surface area contributed by atoms with Gasteiger partial charge in [-0.2, -0.15) is 0 Å². The van der Waals surface area contributed by atoms with Crippen molar-refractivity contribution in [3.8, 4) is 5.75 Å². The van der Waals surface area contributed by atoms with Crippen LogP contribution in [-0.2, 0) is 6.54 Å². The SMILES string of the molecule is Cc1cccc(OCC(O)CNCc2cscn2)c1. The molecule has 0 aliphatic rings. The number of ether oxygens (including phenoxy) is 1. The van der Waals surface area contributed by atoms with Gasteiger partial charge in [0.15, 0.2) is 0 Å². The topological polar surface area (TPSA) is 54.4 Å². The van der Waals surface area contributed by atoms with Gasteiger partial charge in [0.2, 0.25) is 0 Å². The highest BCUT2D eigenvalue weighted by Crippen LogP contribution is 2.12. The van der Waals surface area contributed by atoms with Crippen LogP contribution in [0.3, 0.4) is 0 Å². The fraction of sp³-hybridized carbons (Fsp3) is 0.357. The molecule has 0 aliphatic heterocycles. The van der Waals surface area contributed by atoms with Gasteiger partial charge in [-0.1, -0.05) is 12.1 Å². The summed E-state index contributed by atoms with van der Waals surface area (Å²) in [4.78, 5) is 4.16. The molecule has 2 aromatic rings. The summed E-state index contributed by atoms with van der Waals surface area (Å²) in [7, 11) is 0. The lowest BCUT2D eigenvalue weighted by molar-refractivity contribution is 0.106. The molecule has 19 heavy (non-hydrogen) atoms. The minimum atomic E-state index is -0.529. The molecule has 0 spiro atoms. The molecule has 0 fully saturated rings. The van der Waals surface area contributed by atoms with Crippen molar-refractivity contribution in [2.24, 2.45) is 0 Å². The van der Waals surface area contributed by atoms with Crippen molar-refractivity contribution in [1.82, 2.24) is 10.3 Å². The average Bonchev–Trinajstić information content (AvgIpc) is 2.90. The molecule has 1 aromatic carbocycles. The van der Waals surface area contributed by atoms with E-state index < -0.39 is 6.10 Å². The van der Waals surface area contributed by atoms with Crippen LogP contribution in [0.25, 0.3) is 0 Å². The Morgan fingerprint density at radius 1 is 1.47 bits per heavy atom. The van der Waals surface area contributed by atoms with Crippen LogP contribution in [0, 0.1) is 6.92 Å². The Bertz CT molecular complexity index is 488. The van der Waals surface area contributed by atoms with Crippen molar-refractivity contribution in [2.45, 2.75) is 19.6 Å². The Morgan fingerprint density at radius 2 is 2.37 bits per heavy atom. The Kier molecular flexibility index (Phi) is 5.32. The smallest absolute Gasteiger partial charge is 0.119 e. The van der Waals surface area contributed by atoms with Gasteiger partial charge >= 0.3 is 0 Å². The molecule has 0 bridgehead atoms. The molecule has 2 rings (SSSR count). The third-order valence-electron chi connectivity index (χ3n) is 2.60. The molecule has 102 valence electrons. The minimum absolute atomic E-state index is 0.285. The van der Waals surface area contributed by atoms with Gasteiger partial charge in [0.25, 0.3) is 0 Å². The molecule has 0 radical (unpaired) electrons. The number of nitrogens with zero attached hydrogens (tertiary/aromatic N) is 1. The summed E-state index contributed by atoms with van der Waals surface area (Å²) >= 11 is 1.57. The van der Waals surface area contributed by atoms with Crippen LogP contribution in [0.4, 0.5) is 0 Å². The zero-order chi connectivity index (χ0) is 13.5. The monoisotopic (exact) mass is 278 g/mol. The molecule has 1 atom stereocenters. The summed E-state index contributed by atoms with van der Waals surface area (Å²) in [5.74, 6) is 0.790. The second-order valence-electron chi connectivity index (χ2n) is 4.39. The summed E-state index contributed by atoms with van der Waals surface area (Å²) in [6.45, 7) is 3.46. The van der Waals surface area contributed by atoms with Crippen molar-refractivity contribution in [3.63, 3.8) is 0 Å². The van der Waals surface area contributed by atoms with Gasteiger partial charge in [-0.3, -0.25) is 0 Å². The number of aromatic nitrogens is 1. The van der Waals surface area contributed by atoms with Gasteiger partial charge in [-0.25, -0.2) is 4.98 Å². The van der Waals surface area contributed by atoms with Gasteiger partial charge < -0.3 is 15.2 Å². The van der Waals surface area contributed by atoms with E-state index in [1.54, 1.807) is 16.8 Å². The van der Waals surface area contributed by atoms with Crippen molar-refractivity contribution >= 4 is 11.3 Å². The summed E-state index contributed by atoms with van der Waals surface area (Å²) in [5.41, 5.74) is 3.94. The third-order valence-corrected chi connectivity index (χ3v) is 3.24. The van der Waals surface area contributed by atoms with Crippen molar-refractivity contribution < 1.29 is 9.84 Å². The van der Waals surface area contributed by atoms with E-state index in [-0.39, 0.29) is 6.61 Å². The predicted octanol–water partition coefficient (Wildman–Crippen LogP) is 1.98. The number of thiazole rings is 1. The van der Waals surface area contributed by atoms with Crippen LogP contribution in [-0.4, -0.2) is 29.3 Å². The number of aryl methyl sites for hydroxylation is 1. The van der Waals surface area contributed by atoms with Crippen molar-refractivity contribution in [1.29, 1.82) is 0 Å². The summed E-state index contributed by atoms with van der Waals surface area (Å²) in [6, 6.07) is 7.80. The molecule has 0 aliphatic carbocycles. The third kappa shape index (κ3) is 4.98. The second-order valence-corrected chi connectivity index (χ2v) is 5.11. The molecule has 1 aromatic heterocycles. The standard InChI is InChI=1S/C14H18N2O2S/c1-11-3-2-4-14(5-11)18-8-13(17)7-15-6-12-9-19-10-16-12/h2-5,9-10,13,15,17H,6-8H2,1H3. The van der Waals surface area contributed by atoms with E-state index >= 15 is 0 Å². The maximum absolute atomic E-state index is 9.80. The molecule has 0 saturated carbocycles. The normalized spacial score (nSPS) is 12.3. The van der Waals surface area contributed by atoms with E-state index in [1.165, 1.54) is 0 Å². The van der Waals surface area contributed by atoms with E-state index in [4.69, 9.17) is 4.74 Å². The Balaban J connectivity index is 1.65. The highest BCUT2D eigenvalue weighted by Gasteiger charge is 2.05. The van der Waals surface area contributed by atoms with E-state index in [1.807, 2.05) is 36.6 Å². The van der Waals surface area contributed by atoms with E-state index in [0.29, 0.717) is 13.1 Å². The first-order valence-electron chi connectivity index (χ1n) is 6.19. The maximum Gasteiger partial charge on any atom is 0.119 e. The summed E-state index contributed by atoms with van der Waals surface area (Å²) in [6.07, 6.45) is -0.529. The summed E-state index contributed by atoms with van der Waals surface area (Å²) in [5, 5.41) is 14.9. The number of aliphatic hydroxyl groups is 1. The van der Waals surface area contributed by atoms with Crippen LogP contribution >= 0.6 is 11.3 Å².